The lowest BCUT2D eigenvalue weighted by molar-refractivity contribution is -0.111. The molecule has 0 fully saturated rings. The molecular formula is C25H24FN5O2S. The van der Waals surface area contributed by atoms with Crippen molar-refractivity contribution >= 4 is 44.0 Å². The molecule has 0 bridgehead atoms. The Labute approximate surface area is 200 Å². The Morgan fingerprint density at radius 3 is 2.76 bits per heavy atom. The molecule has 34 heavy (non-hydrogen) atoms. The van der Waals surface area contributed by atoms with Crippen LogP contribution in [0.5, 0.6) is 5.75 Å². The molecule has 0 atom stereocenters. The minimum absolute atomic E-state index is 0.153. The van der Waals surface area contributed by atoms with Crippen molar-refractivity contribution in [1.29, 1.82) is 0 Å². The van der Waals surface area contributed by atoms with Gasteiger partial charge in [0.2, 0.25) is 5.91 Å². The first-order valence-corrected chi connectivity index (χ1v) is 11.4. The van der Waals surface area contributed by atoms with Gasteiger partial charge < -0.3 is 20.3 Å². The Balaban J connectivity index is 1.39. The van der Waals surface area contributed by atoms with Crippen molar-refractivity contribution in [1.82, 2.24) is 14.9 Å². The van der Waals surface area contributed by atoms with Gasteiger partial charge in [-0.2, -0.15) is 0 Å². The molecule has 2 heterocycles. The number of carbonyl (C=O) groups is 1. The van der Waals surface area contributed by atoms with Crippen LogP contribution in [0, 0.1) is 5.82 Å². The first-order valence-electron chi connectivity index (χ1n) is 10.6. The van der Waals surface area contributed by atoms with Crippen molar-refractivity contribution in [2.45, 2.75) is 6.61 Å². The van der Waals surface area contributed by atoms with E-state index in [4.69, 9.17) is 4.74 Å². The van der Waals surface area contributed by atoms with Crippen LogP contribution >= 0.6 is 11.3 Å². The monoisotopic (exact) mass is 477 g/mol. The molecule has 0 spiro atoms. The summed E-state index contributed by atoms with van der Waals surface area (Å²) in [6.45, 7) is 0.876. The van der Waals surface area contributed by atoms with E-state index in [2.05, 4.69) is 20.6 Å². The van der Waals surface area contributed by atoms with Crippen LogP contribution in [0.2, 0.25) is 0 Å². The lowest BCUT2D eigenvalue weighted by Gasteiger charge is -2.09. The van der Waals surface area contributed by atoms with Crippen molar-refractivity contribution in [3.8, 4) is 5.75 Å². The Morgan fingerprint density at radius 1 is 1.15 bits per heavy atom. The zero-order valence-corrected chi connectivity index (χ0v) is 19.6. The summed E-state index contributed by atoms with van der Waals surface area (Å²) < 4.78 is 20.9. The predicted octanol–water partition coefficient (Wildman–Crippen LogP) is 5.21. The van der Waals surface area contributed by atoms with Gasteiger partial charge in [0.25, 0.3) is 0 Å². The number of hydrogen-bond acceptors (Lipinski definition) is 7. The molecule has 0 aliphatic rings. The zero-order chi connectivity index (χ0) is 23.9. The highest BCUT2D eigenvalue weighted by Crippen LogP contribution is 2.31. The van der Waals surface area contributed by atoms with Crippen LogP contribution in [-0.2, 0) is 11.4 Å². The van der Waals surface area contributed by atoms with Crippen molar-refractivity contribution in [3.05, 3.63) is 84.5 Å². The van der Waals surface area contributed by atoms with Gasteiger partial charge in [-0.1, -0.05) is 23.5 Å². The van der Waals surface area contributed by atoms with Crippen LogP contribution in [-0.4, -0.2) is 41.4 Å². The fraction of sp³-hybridized carbons (Fsp3) is 0.160. The fourth-order valence-corrected chi connectivity index (χ4v) is 3.99. The molecule has 0 aliphatic heterocycles. The number of hydrogen-bond donors (Lipinski definition) is 2. The Kier molecular flexibility index (Phi) is 7.46. The number of aromatic nitrogens is 2. The predicted molar refractivity (Wildman–Crippen MR) is 134 cm³/mol. The van der Waals surface area contributed by atoms with Crippen LogP contribution in [0.15, 0.2) is 72.9 Å². The van der Waals surface area contributed by atoms with Gasteiger partial charge in [-0.3, -0.25) is 9.78 Å². The molecule has 4 aromatic rings. The summed E-state index contributed by atoms with van der Waals surface area (Å²) in [5.41, 5.74) is 2.74. The normalized spacial score (nSPS) is 11.3. The number of nitrogens with zero attached hydrogens (tertiary/aromatic N) is 3. The average molecular weight is 478 g/mol. The molecule has 0 radical (unpaired) electrons. The number of amides is 1. The standard InChI is InChI=1S/C25H24FN5O2S/c1-31(2)13-5-7-24(32)28-18-8-10-21-23(15-18)34-25(30-21)29-17-9-11-22(20(26)14-17)33-16-19-6-3-4-12-27-19/h3-12,14-15H,13,16H2,1-2H3,(H,28,32)(H,29,30)/b7-5+. The lowest BCUT2D eigenvalue weighted by atomic mass is 10.3. The van der Waals surface area contributed by atoms with Gasteiger partial charge in [0.15, 0.2) is 16.7 Å². The highest BCUT2D eigenvalue weighted by Gasteiger charge is 2.09. The van der Waals surface area contributed by atoms with Crippen molar-refractivity contribution in [2.24, 2.45) is 0 Å². The number of rotatable bonds is 9. The maximum Gasteiger partial charge on any atom is 0.248 e. The molecular weight excluding hydrogens is 453 g/mol. The number of pyridine rings is 1. The molecule has 2 aromatic heterocycles. The van der Waals surface area contributed by atoms with Crippen molar-refractivity contribution in [2.75, 3.05) is 31.3 Å². The van der Waals surface area contributed by atoms with Gasteiger partial charge in [-0.15, -0.1) is 0 Å². The summed E-state index contributed by atoms with van der Waals surface area (Å²) in [6.07, 6.45) is 4.99. The number of benzene rings is 2. The summed E-state index contributed by atoms with van der Waals surface area (Å²) in [5, 5.41) is 6.60. The summed E-state index contributed by atoms with van der Waals surface area (Å²) in [7, 11) is 3.87. The van der Waals surface area contributed by atoms with Crippen LogP contribution in [0.4, 0.5) is 20.9 Å². The number of fused-ring (bicyclic) bond motifs is 1. The summed E-state index contributed by atoms with van der Waals surface area (Å²) >= 11 is 1.41. The molecule has 174 valence electrons. The van der Waals surface area contributed by atoms with E-state index < -0.39 is 5.82 Å². The van der Waals surface area contributed by atoms with Crippen LogP contribution in [0.25, 0.3) is 10.2 Å². The molecule has 7 nitrogen and oxygen atoms in total. The Morgan fingerprint density at radius 2 is 2.00 bits per heavy atom. The summed E-state index contributed by atoms with van der Waals surface area (Å²) in [5.74, 6) is -0.514. The molecule has 0 saturated carbocycles. The maximum absolute atomic E-state index is 14.5. The van der Waals surface area contributed by atoms with E-state index in [1.54, 1.807) is 30.5 Å². The van der Waals surface area contributed by atoms with E-state index >= 15 is 0 Å². The number of likely N-dealkylation sites (N-methyl/N-ethyl adjacent to an activating group) is 1. The zero-order valence-electron chi connectivity index (χ0n) is 18.8. The second-order valence-corrected chi connectivity index (χ2v) is 8.77. The Bertz CT molecular complexity index is 1310. The van der Waals surface area contributed by atoms with Crippen LogP contribution in [0.1, 0.15) is 5.69 Å². The van der Waals surface area contributed by atoms with Gasteiger partial charge in [-0.05, 0) is 56.6 Å². The fourth-order valence-electron chi connectivity index (χ4n) is 3.06. The topological polar surface area (TPSA) is 79.4 Å². The number of anilines is 3. The third-order valence-electron chi connectivity index (χ3n) is 4.68. The van der Waals surface area contributed by atoms with E-state index in [1.807, 2.05) is 49.3 Å². The molecule has 2 N–H and O–H groups in total. The number of halogens is 1. The third kappa shape index (κ3) is 6.37. The van der Waals surface area contributed by atoms with E-state index in [0.29, 0.717) is 23.1 Å². The smallest absolute Gasteiger partial charge is 0.248 e. The highest BCUT2D eigenvalue weighted by molar-refractivity contribution is 7.22. The number of nitrogens with one attached hydrogen (secondary N) is 2. The molecule has 0 unspecified atom stereocenters. The molecule has 0 saturated heterocycles. The van der Waals surface area contributed by atoms with E-state index in [9.17, 15) is 9.18 Å². The van der Waals surface area contributed by atoms with Crippen molar-refractivity contribution in [3.63, 3.8) is 0 Å². The second kappa shape index (κ2) is 10.9. The van der Waals surface area contributed by atoms with Crippen LogP contribution in [0.3, 0.4) is 0 Å². The number of thiazole rings is 1. The molecule has 1 amide bonds. The lowest BCUT2D eigenvalue weighted by Crippen LogP contribution is -2.12. The van der Waals surface area contributed by atoms with Gasteiger partial charge in [0.1, 0.15) is 6.61 Å². The van der Waals surface area contributed by atoms with E-state index in [0.717, 1.165) is 15.9 Å². The quantitative estimate of drug-likeness (QED) is 0.322. The minimum Gasteiger partial charge on any atom is -0.484 e. The summed E-state index contributed by atoms with van der Waals surface area (Å²) in [4.78, 5) is 22.7. The first-order chi connectivity index (χ1) is 16.5. The average Bonchev–Trinajstić information content (AvgIpc) is 3.20. The van der Waals surface area contributed by atoms with E-state index in [1.165, 1.54) is 23.5 Å². The van der Waals surface area contributed by atoms with Gasteiger partial charge in [-0.25, -0.2) is 9.37 Å². The van der Waals surface area contributed by atoms with Gasteiger partial charge in [0, 0.05) is 36.3 Å². The van der Waals surface area contributed by atoms with Crippen molar-refractivity contribution < 1.29 is 13.9 Å². The molecule has 0 aliphatic carbocycles. The summed E-state index contributed by atoms with van der Waals surface area (Å²) in [6, 6.07) is 15.7. The minimum atomic E-state index is -0.477. The molecule has 9 heteroatoms. The molecule has 2 aromatic carbocycles. The maximum atomic E-state index is 14.5. The Hall–Kier alpha value is -3.82. The van der Waals surface area contributed by atoms with E-state index in [-0.39, 0.29) is 18.3 Å². The highest BCUT2D eigenvalue weighted by atomic mass is 32.1. The van der Waals surface area contributed by atoms with Crippen LogP contribution < -0.4 is 15.4 Å². The number of carbonyl (C=O) groups excluding carboxylic acids is 1. The number of ether oxygens (including phenoxy) is 1. The second-order valence-electron chi connectivity index (χ2n) is 7.74. The van der Waals surface area contributed by atoms with Gasteiger partial charge in [0.05, 0.1) is 15.9 Å². The molecule has 4 rings (SSSR count). The largest absolute Gasteiger partial charge is 0.484 e. The van der Waals surface area contributed by atoms with Gasteiger partial charge >= 0.3 is 0 Å². The third-order valence-corrected chi connectivity index (χ3v) is 5.61. The first kappa shape index (κ1) is 23.3. The SMILES string of the molecule is CN(C)C/C=C/C(=O)Nc1ccc2nc(Nc3ccc(OCc4ccccn4)c(F)c3)sc2c1.